The summed E-state index contributed by atoms with van der Waals surface area (Å²) >= 11 is 0. The van der Waals surface area contributed by atoms with Gasteiger partial charge in [-0.1, -0.05) is 20.8 Å². The van der Waals surface area contributed by atoms with Crippen molar-refractivity contribution in [1.29, 1.82) is 0 Å². The quantitative estimate of drug-likeness (QED) is 0.629. The molecule has 0 aromatic carbocycles. The van der Waals surface area contributed by atoms with Crippen LogP contribution < -0.4 is 5.32 Å². The maximum absolute atomic E-state index is 11.3. The van der Waals surface area contributed by atoms with Crippen molar-refractivity contribution in [3.63, 3.8) is 0 Å². The van der Waals surface area contributed by atoms with Crippen molar-refractivity contribution in [1.82, 2.24) is 5.32 Å². The summed E-state index contributed by atoms with van der Waals surface area (Å²) in [5, 5.41) is 2.33. The number of rotatable bonds is 2. The van der Waals surface area contributed by atoms with Crippen molar-refractivity contribution in [2.75, 3.05) is 0 Å². The summed E-state index contributed by atoms with van der Waals surface area (Å²) in [7, 11) is 0. The molecule has 2 amide bonds. The molecule has 0 bridgehead atoms. The van der Waals surface area contributed by atoms with Gasteiger partial charge in [0, 0.05) is 6.42 Å². The molecule has 12 heavy (non-hydrogen) atoms. The third-order valence-electron chi connectivity index (χ3n) is 2.21. The predicted octanol–water partition coefficient (Wildman–Crippen LogP) is 1.09. The van der Waals surface area contributed by atoms with Crippen LogP contribution in [0.25, 0.3) is 0 Å². The summed E-state index contributed by atoms with van der Waals surface area (Å²) in [4.78, 5) is 22.2. The Morgan fingerprint density at radius 1 is 1.50 bits per heavy atom. The van der Waals surface area contributed by atoms with Crippen LogP contribution in [0.15, 0.2) is 0 Å². The lowest BCUT2D eigenvalue weighted by molar-refractivity contribution is -0.128. The van der Waals surface area contributed by atoms with Crippen LogP contribution in [0.3, 0.4) is 0 Å². The highest BCUT2D eigenvalue weighted by Crippen LogP contribution is 2.33. The zero-order chi connectivity index (χ0) is 9.35. The van der Waals surface area contributed by atoms with Crippen LogP contribution >= 0.6 is 0 Å². The minimum atomic E-state index is -0.453. The van der Waals surface area contributed by atoms with E-state index in [4.69, 9.17) is 0 Å². The van der Waals surface area contributed by atoms with Gasteiger partial charge in [0.2, 0.25) is 11.8 Å². The minimum absolute atomic E-state index is 0.110. The molecule has 0 aromatic rings. The molecule has 1 N–H and O–H groups in total. The fourth-order valence-corrected chi connectivity index (χ4v) is 1.82. The lowest BCUT2D eigenvalue weighted by Gasteiger charge is -2.21. The Balaban J connectivity index is 2.71. The molecule has 1 fully saturated rings. The largest absolute Gasteiger partial charge is 0.296 e. The Kier molecular flexibility index (Phi) is 2.22. The van der Waals surface area contributed by atoms with Crippen LogP contribution in [0.5, 0.6) is 0 Å². The molecule has 1 rings (SSSR count). The van der Waals surface area contributed by atoms with Gasteiger partial charge in [0.1, 0.15) is 0 Å². The zero-order valence-corrected chi connectivity index (χ0v) is 7.81. The molecule has 0 radical (unpaired) electrons. The summed E-state index contributed by atoms with van der Waals surface area (Å²) in [6.07, 6.45) is 1.13. The topological polar surface area (TPSA) is 46.2 Å². The molecule has 3 heteroatoms. The number of hydrogen-bond acceptors (Lipinski definition) is 2. The van der Waals surface area contributed by atoms with Gasteiger partial charge in [-0.25, -0.2) is 0 Å². The van der Waals surface area contributed by atoms with Crippen molar-refractivity contribution < 1.29 is 9.59 Å². The highest BCUT2D eigenvalue weighted by atomic mass is 16.2. The summed E-state index contributed by atoms with van der Waals surface area (Å²) in [5.74, 6) is 0.205. The standard InChI is InChI=1S/C9H15NO2/c1-6(2)4-9(3)5-7(11)10-8(9)12/h6H,4-5H2,1-3H3,(H,10,11,12)/t9-/m1/s1. The summed E-state index contributed by atoms with van der Waals surface area (Å²) in [6.45, 7) is 5.97. The molecule has 0 spiro atoms. The molecule has 0 aliphatic carbocycles. The van der Waals surface area contributed by atoms with E-state index in [-0.39, 0.29) is 11.8 Å². The molecule has 1 aliphatic rings. The van der Waals surface area contributed by atoms with E-state index < -0.39 is 5.41 Å². The Bertz CT molecular complexity index is 223. The van der Waals surface area contributed by atoms with Gasteiger partial charge in [-0.2, -0.15) is 0 Å². The third-order valence-corrected chi connectivity index (χ3v) is 2.21. The first-order valence-corrected chi connectivity index (χ1v) is 4.28. The summed E-state index contributed by atoms with van der Waals surface area (Å²) in [5.41, 5.74) is -0.453. The van der Waals surface area contributed by atoms with Crippen molar-refractivity contribution >= 4 is 11.8 Å². The summed E-state index contributed by atoms with van der Waals surface area (Å²) in [6, 6.07) is 0. The van der Waals surface area contributed by atoms with Crippen molar-refractivity contribution in [2.24, 2.45) is 11.3 Å². The van der Waals surface area contributed by atoms with Crippen LogP contribution in [0, 0.1) is 11.3 Å². The second kappa shape index (κ2) is 2.88. The SMILES string of the molecule is CC(C)C[C@]1(C)CC(=O)NC1=O. The van der Waals surface area contributed by atoms with Gasteiger partial charge in [-0.3, -0.25) is 14.9 Å². The van der Waals surface area contributed by atoms with E-state index in [2.05, 4.69) is 19.2 Å². The van der Waals surface area contributed by atoms with E-state index in [9.17, 15) is 9.59 Å². The molecule has 68 valence electrons. The van der Waals surface area contributed by atoms with Gasteiger partial charge >= 0.3 is 0 Å². The van der Waals surface area contributed by atoms with Gasteiger partial charge in [0.05, 0.1) is 5.41 Å². The van der Waals surface area contributed by atoms with Crippen molar-refractivity contribution in [3.8, 4) is 0 Å². The highest BCUT2D eigenvalue weighted by molar-refractivity contribution is 6.05. The fourth-order valence-electron chi connectivity index (χ4n) is 1.82. The zero-order valence-electron chi connectivity index (χ0n) is 7.81. The maximum atomic E-state index is 11.3. The molecule has 0 saturated carbocycles. The van der Waals surface area contributed by atoms with Gasteiger partial charge in [-0.15, -0.1) is 0 Å². The van der Waals surface area contributed by atoms with Gasteiger partial charge < -0.3 is 0 Å². The second-order valence-corrected chi connectivity index (χ2v) is 4.21. The van der Waals surface area contributed by atoms with Crippen LogP contribution in [-0.2, 0) is 9.59 Å². The number of amides is 2. The maximum Gasteiger partial charge on any atom is 0.233 e. The lowest BCUT2D eigenvalue weighted by atomic mass is 9.81. The Morgan fingerprint density at radius 3 is 2.42 bits per heavy atom. The number of carbonyl (C=O) groups excluding carboxylic acids is 2. The monoisotopic (exact) mass is 169 g/mol. The average molecular weight is 169 g/mol. The lowest BCUT2D eigenvalue weighted by Crippen LogP contribution is -2.30. The van der Waals surface area contributed by atoms with Gasteiger partial charge in [-0.05, 0) is 12.3 Å². The van der Waals surface area contributed by atoms with E-state index in [1.54, 1.807) is 0 Å². The van der Waals surface area contributed by atoms with Crippen molar-refractivity contribution in [3.05, 3.63) is 0 Å². The van der Waals surface area contributed by atoms with E-state index in [0.717, 1.165) is 6.42 Å². The molecule has 0 aromatic heterocycles. The van der Waals surface area contributed by atoms with Crippen LogP contribution in [0.1, 0.15) is 33.6 Å². The number of hydrogen-bond donors (Lipinski definition) is 1. The molecule has 0 unspecified atom stereocenters. The molecule has 3 nitrogen and oxygen atoms in total. The number of carbonyl (C=O) groups is 2. The van der Waals surface area contributed by atoms with Crippen molar-refractivity contribution in [2.45, 2.75) is 33.6 Å². The third kappa shape index (κ3) is 1.65. The molecule has 1 atom stereocenters. The Labute approximate surface area is 72.5 Å². The minimum Gasteiger partial charge on any atom is -0.296 e. The van der Waals surface area contributed by atoms with Crippen LogP contribution in [0.4, 0.5) is 0 Å². The van der Waals surface area contributed by atoms with E-state index in [0.29, 0.717) is 12.3 Å². The summed E-state index contributed by atoms with van der Waals surface area (Å²) < 4.78 is 0. The first-order valence-electron chi connectivity index (χ1n) is 4.28. The first kappa shape index (κ1) is 9.23. The van der Waals surface area contributed by atoms with Gasteiger partial charge in [0.15, 0.2) is 0 Å². The predicted molar refractivity (Wildman–Crippen MR) is 45.3 cm³/mol. The average Bonchev–Trinajstić information content (AvgIpc) is 2.04. The van der Waals surface area contributed by atoms with Gasteiger partial charge in [0.25, 0.3) is 0 Å². The Hall–Kier alpha value is -0.860. The molecule has 1 heterocycles. The van der Waals surface area contributed by atoms with E-state index in [1.807, 2.05) is 6.92 Å². The first-order chi connectivity index (χ1) is 5.44. The number of imide groups is 1. The van der Waals surface area contributed by atoms with Crippen LogP contribution in [-0.4, -0.2) is 11.8 Å². The smallest absolute Gasteiger partial charge is 0.233 e. The van der Waals surface area contributed by atoms with Crippen LogP contribution in [0.2, 0.25) is 0 Å². The fraction of sp³-hybridized carbons (Fsp3) is 0.778. The second-order valence-electron chi connectivity index (χ2n) is 4.21. The number of nitrogens with one attached hydrogen (secondary N) is 1. The highest BCUT2D eigenvalue weighted by Gasteiger charge is 2.42. The van der Waals surface area contributed by atoms with E-state index >= 15 is 0 Å². The normalized spacial score (nSPS) is 29.7. The molecular formula is C9H15NO2. The molecule has 1 aliphatic heterocycles. The Morgan fingerprint density at radius 2 is 2.08 bits per heavy atom. The van der Waals surface area contributed by atoms with E-state index in [1.165, 1.54) is 0 Å². The molecular weight excluding hydrogens is 154 g/mol. The molecule has 1 saturated heterocycles.